The third-order valence-electron chi connectivity index (χ3n) is 2.49. The molecule has 4 nitrogen and oxygen atoms in total. The number of hydrogen-bond donors (Lipinski definition) is 0. The molecule has 0 fully saturated rings. The molecule has 0 spiro atoms. The summed E-state index contributed by atoms with van der Waals surface area (Å²) in [5, 5.41) is 3.75. The van der Waals surface area contributed by atoms with Gasteiger partial charge in [-0.05, 0) is 6.07 Å². The quantitative estimate of drug-likeness (QED) is 0.514. The molecule has 102 valence electrons. The Labute approximate surface area is 155 Å². The average Bonchev–Trinajstić information content (AvgIpc) is 2.70. The summed E-state index contributed by atoms with van der Waals surface area (Å²) in [5.41, 5.74) is -0.969. The number of ether oxygens (including phenoxy) is 1. The van der Waals surface area contributed by atoms with Gasteiger partial charge in [-0.1, -0.05) is 11.5 Å². The molecule has 2 rings (SSSR count). The van der Waals surface area contributed by atoms with E-state index in [1.807, 2.05) is 0 Å². The first-order valence-corrected chi connectivity index (χ1v) is 5.33. The molecule has 0 N–H and O–H groups in total. The van der Waals surface area contributed by atoms with Crippen LogP contribution in [0.15, 0.2) is 24.5 Å². The Morgan fingerprint density at radius 2 is 2.00 bits per heavy atom. The number of halogens is 4. The summed E-state index contributed by atoms with van der Waals surface area (Å²) in [4.78, 5) is 3.80. The van der Waals surface area contributed by atoms with Crippen LogP contribution in [0.4, 0.5) is 17.3 Å². The van der Waals surface area contributed by atoms with Gasteiger partial charge in [-0.2, -0.15) is 5.10 Å². The maximum atomic E-state index is 13.0. The van der Waals surface area contributed by atoms with E-state index in [0.29, 0.717) is 18.0 Å². The van der Waals surface area contributed by atoms with Crippen molar-refractivity contribution in [2.75, 3.05) is 0 Å². The zero-order valence-corrected chi connectivity index (χ0v) is 14.0. The predicted molar refractivity (Wildman–Crippen MR) is 60.4 cm³/mol. The van der Waals surface area contributed by atoms with Gasteiger partial charge >= 0.3 is 58.4 Å². The van der Waals surface area contributed by atoms with Crippen LogP contribution in [0.3, 0.4) is 0 Å². The fourth-order valence-corrected chi connectivity index (χ4v) is 1.50. The average molecular weight is 313 g/mol. The van der Waals surface area contributed by atoms with Gasteiger partial charge in [0.25, 0.3) is 0 Å². The SMILES string of the molecule is Cn1ncnc1COc1cc(F)ccc1[B-](F)(F)F.[K+]. The molecule has 0 unspecified atom stereocenters. The Bertz CT molecular complexity index is 590. The third kappa shape index (κ3) is 4.29. The molecule has 0 radical (unpaired) electrons. The van der Waals surface area contributed by atoms with Crippen LogP contribution in [-0.4, -0.2) is 21.7 Å². The van der Waals surface area contributed by atoms with Crippen LogP contribution in [0.1, 0.15) is 5.82 Å². The molecule has 0 atom stereocenters. The first kappa shape index (κ1) is 17.6. The smallest absolute Gasteiger partial charge is 0.489 e. The predicted octanol–water partition coefficient (Wildman–Crippen LogP) is -1.41. The number of benzene rings is 1. The molecule has 10 heteroatoms. The molecule has 0 aliphatic carbocycles. The summed E-state index contributed by atoms with van der Waals surface area (Å²) in [5.74, 6) is -1.00. The molecule has 0 saturated heterocycles. The summed E-state index contributed by atoms with van der Waals surface area (Å²) in [7, 11) is 1.58. The van der Waals surface area contributed by atoms with Crippen LogP contribution in [0.5, 0.6) is 5.75 Å². The minimum absolute atomic E-state index is 0. The van der Waals surface area contributed by atoms with Crippen LogP contribution in [0.2, 0.25) is 0 Å². The molecule has 0 saturated carbocycles. The number of aromatic nitrogens is 3. The van der Waals surface area contributed by atoms with E-state index in [0.717, 1.165) is 6.07 Å². The zero-order valence-electron chi connectivity index (χ0n) is 10.9. The Morgan fingerprint density at radius 1 is 1.30 bits per heavy atom. The summed E-state index contributed by atoms with van der Waals surface area (Å²) in [6.45, 7) is -5.49. The molecule has 1 aromatic carbocycles. The van der Waals surface area contributed by atoms with E-state index >= 15 is 0 Å². The topological polar surface area (TPSA) is 39.9 Å². The van der Waals surface area contributed by atoms with Gasteiger partial charge in [0.1, 0.15) is 18.8 Å². The van der Waals surface area contributed by atoms with Crippen LogP contribution >= 0.6 is 0 Å². The number of rotatable bonds is 4. The number of aryl methyl sites for hydroxylation is 1. The van der Waals surface area contributed by atoms with E-state index in [9.17, 15) is 17.3 Å². The summed E-state index contributed by atoms with van der Waals surface area (Å²) >= 11 is 0. The number of nitrogens with zero attached hydrogens (tertiary/aromatic N) is 3. The van der Waals surface area contributed by atoms with Crippen molar-refractivity contribution in [2.24, 2.45) is 7.05 Å². The van der Waals surface area contributed by atoms with Crippen LogP contribution in [0.25, 0.3) is 0 Å². The summed E-state index contributed by atoms with van der Waals surface area (Å²) < 4.78 is 57.6. The van der Waals surface area contributed by atoms with Gasteiger partial charge in [0, 0.05) is 13.1 Å². The third-order valence-corrected chi connectivity index (χ3v) is 2.49. The van der Waals surface area contributed by atoms with Gasteiger partial charge in [-0.15, -0.1) is 0 Å². The summed E-state index contributed by atoms with van der Waals surface area (Å²) in [6.07, 6.45) is 1.25. The number of hydrogen-bond acceptors (Lipinski definition) is 3. The standard InChI is InChI=1S/C10H9BF4N3O.K/c1-18-10(16-6-17-18)5-19-9-4-7(12)2-3-8(9)11(13,14)15;/h2-4,6H,5H2,1H3;/q-1;+1. The molecule has 20 heavy (non-hydrogen) atoms. The maximum absolute atomic E-state index is 13.0. The van der Waals surface area contributed by atoms with E-state index in [1.165, 1.54) is 11.0 Å². The van der Waals surface area contributed by atoms with Gasteiger partial charge in [-0.3, -0.25) is 4.68 Å². The van der Waals surface area contributed by atoms with Crippen LogP contribution in [-0.2, 0) is 13.7 Å². The molecule has 1 aromatic heterocycles. The maximum Gasteiger partial charge on any atom is 1.00 e. The molecule has 0 aliphatic rings. The van der Waals surface area contributed by atoms with Crippen molar-refractivity contribution < 1.29 is 73.5 Å². The van der Waals surface area contributed by atoms with E-state index in [2.05, 4.69) is 10.1 Å². The Hall–Kier alpha value is -0.419. The monoisotopic (exact) mass is 313 g/mol. The van der Waals surface area contributed by atoms with Gasteiger partial charge in [-0.25, -0.2) is 9.37 Å². The fraction of sp³-hybridized carbons (Fsp3) is 0.200. The van der Waals surface area contributed by atoms with Crippen molar-refractivity contribution in [1.82, 2.24) is 14.8 Å². The van der Waals surface area contributed by atoms with Crippen molar-refractivity contribution in [2.45, 2.75) is 6.61 Å². The molecule has 0 aliphatic heterocycles. The zero-order chi connectivity index (χ0) is 14.0. The van der Waals surface area contributed by atoms with E-state index in [1.54, 1.807) is 7.05 Å². The molecule has 0 amide bonds. The Morgan fingerprint density at radius 3 is 2.55 bits per heavy atom. The van der Waals surface area contributed by atoms with E-state index in [-0.39, 0.29) is 58.0 Å². The second kappa shape index (κ2) is 7.03. The fourth-order valence-electron chi connectivity index (χ4n) is 1.50. The van der Waals surface area contributed by atoms with E-state index in [4.69, 9.17) is 4.74 Å². The van der Waals surface area contributed by atoms with Crippen LogP contribution < -0.4 is 61.6 Å². The minimum atomic E-state index is -5.27. The first-order valence-electron chi connectivity index (χ1n) is 5.33. The van der Waals surface area contributed by atoms with Crippen molar-refractivity contribution in [3.05, 3.63) is 36.2 Å². The largest absolute Gasteiger partial charge is 1.00 e. The van der Waals surface area contributed by atoms with Gasteiger partial charge in [0.15, 0.2) is 5.82 Å². The normalized spacial score (nSPS) is 11.1. The first-order chi connectivity index (χ1) is 8.88. The Kier molecular flexibility index (Phi) is 6.20. The van der Waals surface area contributed by atoms with Gasteiger partial charge in [0.05, 0.1) is 5.75 Å². The van der Waals surface area contributed by atoms with Crippen molar-refractivity contribution in [3.8, 4) is 5.75 Å². The van der Waals surface area contributed by atoms with Crippen molar-refractivity contribution in [1.29, 1.82) is 0 Å². The van der Waals surface area contributed by atoms with Gasteiger partial charge in [0.2, 0.25) is 0 Å². The molecule has 2 aromatic rings. The second-order valence-electron chi connectivity index (χ2n) is 3.85. The molecule has 0 bridgehead atoms. The summed E-state index contributed by atoms with van der Waals surface area (Å²) in [6, 6.07) is 2.13. The van der Waals surface area contributed by atoms with E-state index < -0.39 is 24.0 Å². The Balaban J connectivity index is 0.00000200. The molecular formula is C10H9BF4KN3O. The van der Waals surface area contributed by atoms with Crippen molar-refractivity contribution >= 4 is 12.4 Å². The van der Waals surface area contributed by atoms with Gasteiger partial charge < -0.3 is 17.7 Å². The van der Waals surface area contributed by atoms with Crippen LogP contribution in [0, 0.1) is 5.82 Å². The minimum Gasteiger partial charge on any atom is -0.489 e. The molecule has 1 heterocycles. The van der Waals surface area contributed by atoms with Crippen molar-refractivity contribution in [3.63, 3.8) is 0 Å². The molecular weight excluding hydrogens is 304 g/mol. The second-order valence-corrected chi connectivity index (χ2v) is 3.85.